The highest BCUT2D eigenvalue weighted by Gasteiger charge is 2.50. The molecule has 0 spiro atoms. The Kier molecular flexibility index (Phi) is 6.06. The molecule has 0 heterocycles. The Labute approximate surface area is 134 Å². The minimum atomic E-state index is -4.12. The molecule has 1 aromatic carbocycles. The van der Waals surface area contributed by atoms with Gasteiger partial charge < -0.3 is 9.84 Å². The summed E-state index contributed by atoms with van der Waals surface area (Å²) in [7, 11) is 0. The number of carbonyl (C=O) groups is 2. The van der Waals surface area contributed by atoms with Crippen LogP contribution in [0, 0.1) is 9.49 Å². The number of carboxylic acid groups (broad SMARTS) is 1. The fourth-order valence-corrected chi connectivity index (χ4v) is 1.98. The maximum Gasteiger partial charge on any atom is 0.378 e. The molecule has 0 saturated carbocycles. The average Bonchev–Trinajstić information content (AvgIpc) is 2.37. The van der Waals surface area contributed by atoms with Crippen molar-refractivity contribution in [2.75, 3.05) is 0 Å². The molecular weight excluding hydrogens is 397 g/mol. The molecule has 21 heavy (non-hydrogen) atoms. The highest BCUT2D eigenvalue weighted by molar-refractivity contribution is 14.1. The lowest BCUT2D eigenvalue weighted by Crippen LogP contribution is -2.44. The Morgan fingerprint density at radius 1 is 1.29 bits per heavy atom. The van der Waals surface area contributed by atoms with E-state index < -0.39 is 24.0 Å². The van der Waals surface area contributed by atoms with Gasteiger partial charge in [-0.05, 0) is 59.2 Å². The molecule has 0 aromatic heterocycles. The molecule has 0 amide bonds. The normalized spacial score (nSPS) is 13.0. The summed E-state index contributed by atoms with van der Waals surface area (Å²) in [6.45, 7) is 3.29. The zero-order chi connectivity index (χ0) is 16.2. The van der Waals surface area contributed by atoms with Crippen molar-refractivity contribution < 1.29 is 28.2 Å². The first-order valence-electron chi connectivity index (χ1n) is 6.22. The van der Waals surface area contributed by atoms with Crippen molar-refractivity contribution in [2.45, 2.75) is 32.3 Å². The van der Waals surface area contributed by atoms with Crippen LogP contribution in [0.5, 0.6) is 0 Å². The van der Waals surface area contributed by atoms with Crippen molar-refractivity contribution in [1.82, 2.24) is 0 Å². The van der Waals surface area contributed by atoms with E-state index >= 15 is 0 Å². The van der Waals surface area contributed by atoms with Gasteiger partial charge >= 0.3 is 17.9 Å². The third-order valence-corrected chi connectivity index (χ3v) is 3.42. The van der Waals surface area contributed by atoms with Crippen molar-refractivity contribution in [3.05, 3.63) is 33.4 Å². The van der Waals surface area contributed by atoms with E-state index in [1.165, 1.54) is 12.1 Å². The molecule has 1 aromatic rings. The van der Waals surface area contributed by atoms with Crippen LogP contribution in [0.25, 0.3) is 0 Å². The standard InChI is InChI=1S/C14H15F2IO4/c1-8(2)7-11(14(15,16)13(19)20)21-12(18)9-3-5-10(17)6-4-9/h3-6,8,11H,7H2,1-2H3,(H,19,20). The van der Waals surface area contributed by atoms with Crippen LogP contribution in [-0.2, 0) is 9.53 Å². The highest BCUT2D eigenvalue weighted by Crippen LogP contribution is 2.28. The van der Waals surface area contributed by atoms with Crippen LogP contribution in [0.4, 0.5) is 8.78 Å². The number of ether oxygens (including phenoxy) is 1. The van der Waals surface area contributed by atoms with Gasteiger partial charge in [-0.1, -0.05) is 13.8 Å². The van der Waals surface area contributed by atoms with Gasteiger partial charge in [0.25, 0.3) is 0 Å². The van der Waals surface area contributed by atoms with Gasteiger partial charge in [0, 0.05) is 3.57 Å². The molecule has 1 N–H and O–H groups in total. The summed E-state index contributed by atoms with van der Waals surface area (Å²) in [5.41, 5.74) is 0.102. The first-order valence-corrected chi connectivity index (χ1v) is 7.30. The van der Waals surface area contributed by atoms with Crippen LogP contribution >= 0.6 is 22.6 Å². The molecule has 0 bridgehead atoms. The van der Waals surface area contributed by atoms with E-state index in [2.05, 4.69) is 0 Å². The zero-order valence-electron chi connectivity index (χ0n) is 11.5. The molecule has 0 radical (unpaired) electrons. The minimum absolute atomic E-state index is 0.102. The number of benzene rings is 1. The van der Waals surface area contributed by atoms with Gasteiger partial charge in [-0.2, -0.15) is 8.78 Å². The van der Waals surface area contributed by atoms with Crippen molar-refractivity contribution >= 4 is 34.5 Å². The number of hydrogen-bond acceptors (Lipinski definition) is 3. The van der Waals surface area contributed by atoms with Gasteiger partial charge in [-0.15, -0.1) is 0 Å². The molecule has 0 aliphatic rings. The second-order valence-electron chi connectivity index (χ2n) is 4.96. The molecule has 1 unspecified atom stereocenters. The lowest BCUT2D eigenvalue weighted by atomic mass is 10.0. The maximum absolute atomic E-state index is 13.6. The molecule has 0 fully saturated rings. The van der Waals surface area contributed by atoms with Gasteiger partial charge in [0.1, 0.15) is 0 Å². The number of hydrogen-bond donors (Lipinski definition) is 1. The molecule has 0 saturated heterocycles. The Morgan fingerprint density at radius 2 is 1.81 bits per heavy atom. The van der Waals surface area contributed by atoms with Gasteiger partial charge in [0.05, 0.1) is 5.56 Å². The Balaban J connectivity index is 2.93. The van der Waals surface area contributed by atoms with Crippen LogP contribution in [0.1, 0.15) is 30.6 Å². The van der Waals surface area contributed by atoms with Gasteiger partial charge in [0.15, 0.2) is 6.10 Å². The SMILES string of the molecule is CC(C)CC(OC(=O)c1ccc(I)cc1)C(F)(F)C(=O)O. The first kappa shape index (κ1) is 17.8. The predicted octanol–water partition coefficient (Wildman–Crippen LogP) is 3.58. The number of esters is 1. The minimum Gasteiger partial charge on any atom is -0.477 e. The quantitative estimate of drug-likeness (QED) is 0.573. The van der Waals surface area contributed by atoms with E-state index in [0.29, 0.717) is 0 Å². The van der Waals surface area contributed by atoms with Crippen molar-refractivity contribution in [2.24, 2.45) is 5.92 Å². The largest absolute Gasteiger partial charge is 0.477 e. The number of carbonyl (C=O) groups excluding carboxylic acids is 1. The summed E-state index contributed by atoms with van der Waals surface area (Å²) in [5, 5.41) is 8.60. The number of carboxylic acids is 1. The highest BCUT2D eigenvalue weighted by atomic mass is 127. The van der Waals surface area contributed by atoms with Crippen LogP contribution in [0.15, 0.2) is 24.3 Å². The van der Waals surface area contributed by atoms with Crippen molar-refractivity contribution in [3.8, 4) is 0 Å². The van der Waals surface area contributed by atoms with Gasteiger partial charge in [0.2, 0.25) is 0 Å². The maximum atomic E-state index is 13.6. The summed E-state index contributed by atoms with van der Waals surface area (Å²) in [4.78, 5) is 22.5. The average molecular weight is 412 g/mol. The third-order valence-electron chi connectivity index (χ3n) is 2.70. The zero-order valence-corrected chi connectivity index (χ0v) is 13.6. The second-order valence-corrected chi connectivity index (χ2v) is 6.20. The summed E-state index contributed by atoms with van der Waals surface area (Å²) in [6, 6.07) is 6.14. The van der Waals surface area contributed by atoms with Crippen molar-refractivity contribution in [3.63, 3.8) is 0 Å². The fourth-order valence-electron chi connectivity index (χ4n) is 1.62. The van der Waals surface area contributed by atoms with Gasteiger partial charge in [-0.25, -0.2) is 9.59 Å². The summed E-state index contributed by atoms with van der Waals surface area (Å²) in [5.74, 6) is -7.63. The van der Waals surface area contributed by atoms with E-state index in [1.807, 2.05) is 22.6 Å². The number of rotatable bonds is 6. The molecule has 116 valence electrons. The monoisotopic (exact) mass is 412 g/mol. The van der Waals surface area contributed by atoms with Crippen LogP contribution < -0.4 is 0 Å². The van der Waals surface area contributed by atoms with Crippen LogP contribution in [0.2, 0.25) is 0 Å². The topological polar surface area (TPSA) is 63.6 Å². The second kappa shape index (κ2) is 7.15. The van der Waals surface area contributed by atoms with E-state index in [0.717, 1.165) is 3.57 Å². The number of alkyl halides is 2. The number of aliphatic carboxylic acids is 1. The van der Waals surface area contributed by atoms with Crippen LogP contribution in [0.3, 0.4) is 0 Å². The van der Waals surface area contributed by atoms with E-state index in [1.54, 1.807) is 26.0 Å². The van der Waals surface area contributed by atoms with Gasteiger partial charge in [-0.3, -0.25) is 0 Å². The number of halogens is 3. The Hall–Kier alpha value is -1.25. The fraction of sp³-hybridized carbons (Fsp3) is 0.429. The molecule has 1 rings (SSSR count). The lowest BCUT2D eigenvalue weighted by molar-refractivity contribution is -0.183. The molecule has 7 heteroatoms. The lowest BCUT2D eigenvalue weighted by Gasteiger charge is -2.25. The summed E-state index contributed by atoms with van der Waals surface area (Å²) < 4.78 is 32.9. The van der Waals surface area contributed by atoms with Crippen molar-refractivity contribution in [1.29, 1.82) is 0 Å². The van der Waals surface area contributed by atoms with E-state index in [-0.39, 0.29) is 17.9 Å². The summed E-state index contributed by atoms with van der Waals surface area (Å²) in [6.07, 6.45) is -2.24. The smallest absolute Gasteiger partial charge is 0.378 e. The molecule has 0 aliphatic heterocycles. The first-order chi connectivity index (χ1) is 9.64. The van der Waals surface area contributed by atoms with E-state index in [4.69, 9.17) is 9.84 Å². The third kappa shape index (κ3) is 4.90. The molecular formula is C14H15F2IO4. The molecule has 0 aliphatic carbocycles. The molecule has 1 atom stereocenters. The molecule has 4 nitrogen and oxygen atoms in total. The Bertz CT molecular complexity index is 514. The summed E-state index contributed by atoms with van der Waals surface area (Å²) >= 11 is 2.03. The predicted molar refractivity (Wildman–Crippen MR) is 80.4 cm³/mol. The Morgan fingerprint density at radius 3 is 2.24 bits per heavy atom. The van der Waals surface area contributed by atoms with Crippen LogP contribution in [-0.4, -0.2) is 29.1 Å². The van der Waals surface area contributed by atoms with E-state index in [9.17, 15) is 18.4 Å².